The summed E-state index contributed by atoms with van der Waals surface area (Å²) >= 11 is 0. The topological polar surface area (TPSA) is 67.8 Å². The van der Waals surface area contributed by atoms with Crippen LogP contribution in [0.25, 0.3) is 0 Å². The Morgan fingerprint density at radius 2 is 2.54 bits per heavy atom. The molecule has 0 bridgehead atoms. The minimum absolute atomic E-state index is 0.124. The third kappa shape index (κ3) is 1.78. The zero-order chi connectivity index (χ0) is 9.10. The molecule has 0 amide bonds. The highest BCUT2D eigenvalue weighted by Crippen LogP contribution is 2.12. The number of aromatic nitrogens is 2. The maximum atomic E-state index is 5.88. The van der Waals surface area contributed by atoms with Gasteiger partial charge in [-0.3, -0.25) is 0 Å². The van der Waals surface area contributed by atoms with Crippen molar-refractivity contribution in [3.8, 4) is 0 Å². The number of nitrogens with two attached hydrogens (primary N) is 1. The van der Waals surface area contributed by atoms with Gasteiger partial charge < -0.3 is 15.1 Å². The predicted molar refractivity (Wildman–Crippen MR) is 47.9 cm³/mol. The van der Waals surface area contributed by atoms with E-state index in [-0.39, 0.29) is 6.04 Å². The molecular formula is C9H11N3O. The Labute approximate surface area is 75.8 Å². The highest BCUT2D eigenvalue weighted by molar-refractivity contribution is 5.04. The fourth-order valence-corrected chi connectivity index (χ4v) is 1.22. The Morgan fingerprint density at radius 1 is 1.62 bits per heavy atom. The van der Waals surface area contributed by atoms with Gasteiger partial charge in [0, 0.05) is 18.8 Å². The molecule has 68 valence electrons. The molecule has 13 heavy (non-hydrogen) atoms. The molecule has 0 aliphatic rings. The van der Waals surface area contributed by atoms with E-state index in [0.29, 0.717) is 6.42 Å². The van der Waals surface area contributed by atoms with Crippen molar-refractivity contribution >= 4 is 0 Å². The van der Waals surface area contributed by atoms with Gasteiger partial charge in [-0.2, -0.15) is 0 Å². The van der Waals surface area contributed by atoms with Crippen LogP contribution in [0.15, 0.2) is 35.2 Å². The monoisotopic (exact) mass is 177 g/mol. The van der Waals surface area contributed by atoms with Crippen molar-refractivity contribution in [1.29, 1.82) is 0 Å². The summed E-state index contributed by atoms with van der Waals surface area (Å²) in [4.78, 5) is 7.05. The lowest BCUT2D eigenvalue weighted by molar-refractivity contribution is 0.483. The number of furan rings is 1. The van der Waals surface area contributed by atoms with Crippen molar-refractivity contribution < 1.29 is 4.42 Å². The van der Waals surface area contributed by atoms with Gasteiger partial charge in [-0.1, -0.05) is 0 Å². The van der Waals surface area contributed by atoms with Gasteiger partial charge in [-0.15, -0.1) is 0 Å². The van der Waals surface area contributed by atoms with Crippen molar-refractivity contribution in [3.63, 3.8) is 0 Å². The molecule has 4 nitrogen and oxygen atoms in total. The number of nitrogens with zero attached hydrogens (tertiary/aromatic N) is 1. The number of H-pyrrole nitrogens is 1. The molecule has 2 heterocycles. The molecule has 0 aliphatic heterocycles. The van der Waals surface area contributed by atoms with Crippen LogP contribution in [-0.2, 0) is 6.42 Å². The number of nitrogens with one attached hydrogen (secondary N) is 1. The predicted octanol–water partition coefficient (Wildman–Crippen LogP) is 1.25. The lowest BCUT2D eigenvalue weighted by Crippen LogP contribution is -2.14. The molecule has 0 aliphatic carbocycles. The summed E-state index contributed by atoms with van der Waals surface area (Å²) < 4.78 is 5.18. The molecule has 0 radical (unpaired) electrons. The van der Waals surface area contributed by atoms with Crippen molar-refractivity contribution in [3.05, 3.63) is 42.4 Å². The van der Waals surface area contributed by atoms with Gasteiger partial charge in [0.2, 0.25) is 0 Å². The molecule has 0 spiro atoms. The Balaban J connectivity index is 2.04. The van der Waals surface area contributed by atoms with E-state index in [4.69, 9.17) is 10.2 Å². The molecule has 2 aromatic rings. The summed E-state index contributed by atoms with van der Waals surface area (Å²) in [7, 11) is 0. The Morgan fingerprint density at radius 3 is 3.15 bits per heavy atom. The quantitative estimate of drug-likeness (QED) is 0.741. The van der Waals surface area contributed by atoms with Crippen LogP contribution in [0.1, 0.15) is 17.6 Å². The van der Waals surface area contributed by atoms with Crippen molar-refractivity contribution in [2.24, 2.45) is 5.73 Å². The SMILES string of the molecule is NC(Cc1ccco1)c1ncc[nH]1. The molecule has 0 fully saturated rings. The summed E-state index contributed by atoms with van der Waals surface area (Å²) in [6.07, 6.45) is 5.76. The van der Waals surface area contributed by atoms with Crippen LogP contribution in [-0.4, -0.2) is 9.97 Å². The standard InChI is InChI=1S/C9H11N3O/c10-8(9-11-3-4-12-9)6-7-2-1-5-13-7/h1-5,8H,6,10H2,(H,11,12). The molecule has 1 unspecified atom stereocenters. The molecule has 2 rings (SSSR count). The molecule has 1 atom stereocenters. The first-order valence-electron chi connectivity index (χ1n) is 4.13. The van der Waals surface area contributed by atoms with Crippen LogP contribution in [0.4, 0.5) is 0 Å². The second kappa shape index (κ2) is 3.45. The fourth-order valence-electron chi connectivity index (χ4n) is 1.22. The van der Waals surface area contributed by atoms with Crippen LogP contribution in [0.3, 0.4) is 0 Å². The van der Waals surface area contributed by atoms with E-state index >= 15 is 0 Å². The maximum absolute atomic E-state index is 5.88. The Hall–Kier alpha value is -1.55. The third-order valence-electron chi connectivity index (χ3n) is 1.87. The van der Waals surface area contributed by atoms with Gasteiger partial charge in [0.1, 0.15) is 11.6 Å². The largest absolute Gasteiger partial charge is 0.469 e. The van der Waals surface area contributed by atoms with Crippen LogP contribution < -0.4 is 5.73 Å². The van der Waals surface area contributed by atoms with Gasteiger partial charge >= 0.3 is 0 Å². The summed E-state index contributed by atoms with van der Waals surface area (Å²) in [6.45, 7) is 0. The van der Waals surface area contributed by atoms with Gasteiger partial charge in [0.15, 0.2) is 0 Å². The highest BCUT2D eigenvalue weighted by atomic mass is 16.3. The number of imidazole rings is 1. The average molecular weight is 177 g/mol. The Bertz CT molecular complexity index is 339. The zero-order valence-electron chi connectivity index (χ0n) is 7.10. The lowest BCUT2D eigenvalue weighted by atomic mass is 10.2. The molecule has 4 heteroatoms. The minimum Gasteiger partial charge on any atom is -0.469 e. The molecular weight excluding hydrogens is 166 g/mol. The van der Waals surface area contributed by atoms with E-state index in [9.17, 15) is 0 Å². The lowest BCUT2D eigenvalue weighted by Gasteiger charge is -2.05. The molecule has 0 saturated carbocycles. The summed E-state index contributed by atoms with van der Waals surface area (Å²) in [5.74, 6) is 1.67. The van der Waals surface area contributed by atoms with E-state index in [0.717, 1.165) is 11.6 Å². The second-order valence-electron chi connectivity index (χ2n) is 2.86. The van der Waals surface area contributed by atoms with Crippen LogP contribution in [0, 0.1) is 0 Å². The second-order valence-corrected chi connectivity index (χ2v) is 2.86. The average Bonchev–Trinajstić information content (AvgIpc) is 2.74. The third-order valence-corrected chi connectivity index (χ3v) is 1.87. The highest BCUT2D eigenvalue weighted by Gasteiger charge is 2.10. The van der Waals surface area contributed by atoms with Crippen LogP contribution in [0.2, 0.25) is 0 Å². The van der Waals surface area contributed by atoms with Gasteiger partial charge in [-0.25, -0.2) is 4.98 Å². The number of hydrogen-bond donors (Lipinski definition) is 2. The summed E-state index contributed by atoms with van der Waals surface area (Å²) in [5.41, 5.74) is 5.88. The summed E-state index contributed by atoms with van der Waals surface area (Å²) in [6, 6.07) is 3.63. The van der Waals surface area contributed by atoms with E-state index < -0.39 is 0 Å². The first-order chi connectivity index (χ1) is 6.36. The maximum Gasteiger partial charge on any atom is 0.123 e. The molecule has 0 aromatic carbocycles. The fraction of sp³-hybridized carbons (Fsp3) is 0.222. The normalized spacial score (nSPS) is 13.0. The minimum atomic E-state index is -0.124. The smallest absolute Gasteiger partial charge is 0.123 e. The van der Waals surface area contributed by atoms with Crippen molar-refractivity contribution in [2.45, 2.75) is 12.5 Å². The molecule has 3 N–H and O–H groups in total. The first kappa shape index (κ1) is 8.07. The van der Waals surface area contributed by atoms with Gasteiger partial charge in [0.05, 0.1) is 12.3 Å². The molecule has 2 aromatic heterocycles. The van der Waals surface area contributed by atoms with E-state index in [1.807, 2.05) is 12.1 Å². The van der Waals surface area contributed by atoms with Crippen molar-refractivity contribution in [2.75, 3.05) is 0 Å². The van der Waals surface area contributed by atoms with Gasteiger partial charge in [0.25, 0.3) is 0 Å². The number of hydrogen-bond acceptors (Lipinski definition) is 3. The van der Waals surface area contributed by atoms with Crippen LogP contribution >= 0.6 is 0 Å². The zero-order valence-corrected chi connectivity index (χ0v) is 7.10. The molecule has 0 saturated heterocycles. The number of rotatable bonds is 3. The summed E-state index contributed by atoms with van der Waals surface area (Å²) in [5, 5.41) is 0. The van der Waals surface area contributed by atoms with E-state index in [1.165, 1.54) is 0 Å². The first-order valence-corrected chi connectivity index (χ1v) is 4.13. The van der Waals surface area contributed by atoms with Gasteiger partial charge in [-0.05, 0) is 12.1 Å². The Kier molecular flexibility index (Phi) is 2.14. The van der Waals surface area contributed by atoms with Crippen LogP contribution in [0.5, 0.6) is 0 Å². The number of aromatic amines is 1. The van der Waals surface area contributed by atoms with Crippen molar-refractivity contribution in [1.82, 2.24) is 9.97 Å². The van der Waals surface area contributed by atoms with E-state index in [2.05, 4.69) is 9.97 Å². The van der Waals surface area contributed by atoms with E-state index in [1.54, 1.807) is 18.7 Å².